The number of pyridine rings is 1. The van der Waals surface area contributed by atoms with Crippen molar-refractivity contribution in [2.45, 2.75) is 50.5 Å². The first-order valence-corrected chi connectivity index (χ1v) is 8.19. The summed E-state index contributed by atoms with van der Waals surface area (Å²) in [6.45, 7) is 2.26. The van der Waals surface area contributed by atoms with E-state index in [0.29, 0.717) is 18.4 Å². The van der Waals surface area contributed by atoms with Crippen LogP contribution in [0.2, 0.25) is 0 Å². The van der Waals surface area contributed by atoms with Gasteiger partial charge in [0.15, 0.2) is 0 Å². The predicted molar refractivity (Wildman–Crippen MR) is 83.3 cm³/mol. The first-order valence-electron chi connectivity index (χ1n) is 8.19. The number of anilines is 1. The Morgan fingerprint density at radius 1 is 1.14 bits per heavy atom. The molecule has 3 unspecified atom stereocenters. The normalized spacial score (nSPS) is 32.8. The maximum atomic E-state index is 11.6. The lowest BCUT2D eigenvalue weighted by Gasteiger charge is -2.42. The first kappa shape index (κ1) is 13.3. The summed E-state index contributed by atoms with van der Waals surface area (Å²) in [4.78, 5) is 16.7. The summed E-state index contributed by atoms with van der Waals surface area (Å²) in [6, 6.07) is 5.00. The number of aromatic nitrogens is 1. The molecule has 4 rings (SSSR count). The van der Waals surface area contributed by atoms with Gasteiger partial charge in [0, 0.05) is 44.5 Å². The number of nitrogens with one attached hydrogen (secondary N) is 1. The summed E-state index contributed by atoms with van der Waals surface area (Å²) in [6.07, 6.45) is 8.83. The van der Waals surface area contributed by atoms with Crippen LogP contribution >= 0.6 is 0 Å². The zero-order valence-electron chi connectivity index (χ0n) is 12.7. The fourth-order valence-electron chi connectivity index (χ4n) is 4.29. The van der Waals surface area contributed by atoms with Crippen LogP contribution in [0.15, 0.2) is 23.1 Å². The molecule has 21 heavy (non-hydrogen) atoms. The van der Waals surface area contributed by atoms with E-state index in [4.69, 9.17) is 0 Å². The second-order valence-corrected chi connectivity index (χ2v) is 6.62. The smallest absolute Gasteiger partial charge is 0.250 e. The maximum absolute atomic E-state index is 11.6. The molecular formula is C16H24N4O. The Morgan fingerprint density at radius 3 is 2.86 bits per heavy atom. The van der Waals surface area contributed by atoms with Crippen LogP contribution in [0, 0.1) is 0 Å². The Labute approximate surface area is 125 Å². The third-order valence-electron chi connectivity index (χ3n) is 5.35. The van der Waals surface area contributed by atoms with Crippen LogP contribution in [0.3, 0.4) is 0 Å². The van der Waals surface area contributed by atoms with Crippen LogP contribution in [0.1, 0.15) is 32.1 Å². The molecule has 0 bridgehead atoms. The average Bonchev–Trinajstić information content (AvgIpc) is 2.89. The number of hydrogen-bond acceptors (Lipinski definition) is 4. The molecule has 1 aromatic rings. The number of rotatable bonds is 1. The van der Waals surface area contributed by atoms with Crippen molar-refractivity contribution in [2.24, 2.45) is 7.05 Å². The van der Waals surface area contributed by atoms with Gasteiger partial charge in [-0.3, -0.25) is 15.0 Å². The van der Waals surface area contributed by atoms with Gasteiger partial charge in [0.2, 0.25) is 5.56 Å². The fourth-order valence-corrected chi connectivity index (χ4v) is 4.29. The van der Waals surface area contributed by atoms with Crippen LogP contribution in [-0.2, 0) is 7.05 Å². The molecule has 1 aromatic heterocycles. The SMILES string of the molecule is Cn1cc(N2CCCN3C4CCCCC4NC23)ccc1=O. The van der Waals surface area contributed by atoms with Gasteiger partial charge in [-0.1, -0.05) is 12.8 Å². The van der Waals surface area contributed by atoms with Crippen molar-refractivity contribution in [3.05, 3.63) is 28.7 Å². The third kappa shape index (κ3) is 2.19. The van der Waals surface area contributed by atoms with Crippen molar-refractivity contribution < 1.29 is 0 Å². The van der Waals surface area contributed by atoms with Gasteiger partial charge in [-0.05, 0) is 25.3 Å². The zero-order chi connectivity index (χ0) is 14.4. The highest BCUT2D eigenvalue weighted by Gasteiger charge is 2.45. The van der Waals surface area contributed by atoms with Crippen molar-refractivity contribution in [3.8, 4) is 0 Å². The minimum absolute atomic E-state index is 0.0562. The number of hydrogen-bond donors (Lipinski definition) is 1. The van der Waals surface area contributed by atoms with Gasteiger partial charge in [-0.2, -0.15) is 0 Å². The van der Waals surface area contributed by atoms with Crippen LogP contribution in [0.25, 0.3) is 0 Å². The van der Waals surface area contributed by atoms with E-state index in [1.54, 1.807) is 10.6 Å². The molecule has 3 atom stereocenters. The van der Waals surface area contributed by atoms with E-state index in [1.807, 2.05) is 19.3 Å². The lowest BCUT2D eigenvalue weighted by molar-refractivity contribution is 0.137. The summed E-state index contributed by atoms with van der Waals surface area (Å²) >= 11 is 0. The van der Waals surface area contributed by atoms with E-state index in [2.05, 4.69) is 15.1 Å². The Kier molecular flexibility index (Phi) is 3.27. The summed E-state index contributed by atoms with van der Waals surface area (Å²) in [7, 11) is 1.83. The lowest BCUT2D eigenvalue weighted by atomic mass is 9.91. The Morgan fingerprint density at radius 2 is 2.00 bits per heavy atom. The van der Waals surface area contributed by atoms with Crippen molar-refractivity contribution in [1.82, 2.24) is 14.8 Å². The number of aryl methyl sites for hydroxylation is 1. The van der Waals surface area contributed by atoms with Gasteiger partial charge < -0.3 is 9.47 Å². The summed E-state index contributed by atoms with van der Waals surface area (Å²) in [5.74, 6) is 0. The lowest BCUT2D eigenvalue weighted by Crippen LogP contribution is -2.56. The molecule has 114 valence electrons. The van der Waals surface area contributed by atoms with Crippen molar-refractivity contribution in [1.29, 1.82) is 0 Å². The van der Waals surface area contributed by atoms with Crippen LogP contribution in [-0.4, -0.2) is 40.9 Å². The van der Waals surface area contributed by atoms with E-state index >= 15 is 0 Å². The monoisotopic (exact) mass is 288 g/mol. The molecule has 0 aromatic carbocycles. The summed E-state index contributed by atoms with van der Waals surface area (Å²) in [5.41, 5.74) is 1.21. The third-order valence-corrected chi connectivity index (χ3v) is 5.35. The van der Waals surface area contributed by atoms with E-state index in [0.717, 1.165) is 12.2 Å². The largest absolute Gasteiger partial charge is 0.342 e. The van der Waals surface area contributed by atoms with Gasteiger partial charge >= 0.3 is 0 Å². The van der Waals surface area contributed by atoms with E-state index in [1.165, 1.54) is 38.6 Å². The van der Waals surface area contributed by atoms with Gasteiger partial charge in [0.1, 0.15) is 6.29 Å². The predicted octanol–water partition coefficient (Wildman–Crippen LogP) is 1.10. The molecule has 0 amide bonds. The molecule has 2 aliphatic heterocycles. The molecule has 3 heterocycles. The van der Waals surface area contributed by atoms with Crippen LogP contribution in [0.5, 0.6) is 0 Å². The molecule has 3 aliphatic rings. The highest BCUT2D eigenvalue weighted by Crippen LogP contribution is 2.34. The van der Waals surface area contributed by atoms with Gasteiger partial charge in [0.25, 0.3) is 0 Å². The maximum Gasteiger partial charge on any atom is 0.250 e. The number of fused-ring (bicyclic) bond motifs is 3. The molecule has 3 fully saturated rings. The second kappa shape index (κ2) is 5.14. The first-order chi connectivity index (χ1) is 10.2. The van der Waals surface area contributed by atoms with E-state index in [-0.39, 0.29) is 5.56 Å². The van der Waals surface area contributed by atoms with Gasteiger partial charge in [0.05, 0.1) is 5.69 Å². The average molecular weight is 288 g/mol. The summed E-state index contributed by atoms with van der Waals surface area (Å²) in [5, 5.41) is 3.84. The highest BCUT2D eigenvalue weighted by atomic mass is 16.1. The van der Waals surface area contributed by atoms with Crippen LogP contribution in [0.4, 0.5) is 5.69 Å². The molecule has 5 nitrogen and oxygen atoms in total. The minimum Gasteiger partial charge on any atom is -0.342 e. The van der Waals surface area contributed by atoms with E-state index < -0.39 is 0 Å². The molecular weight excluding hydrogens is 264 g/mol. The van der Waals surface area contributed by atoms with Crippen molar-refractivity contribution in [2.75, 3.05) is 18.0 Å². The number of nitrogens with zero attached hydrogens (tertiary/aromatic N) is 3. The standard InChI is InChI=1S/C16H24N4O/c1-18-11-12(7-8-15(18)21)19-9-4-10-20-14-6-3-2-5-13(14)17-16(19)20/h7-8,11,13-14,16-17H,2-6,9-10H2,1H3. The van der Waals surface area contributed by atoms with Gasteiger partial charge in [-0.15, -0.1) is 0 Å². The summed E-state index contributed by atoms with van der Waals surface area (Å²) < 4.78 is 1.68. The van der Waals surface area contributed by atoms with E-state index in [9.17, 15) is 4.79 Å². The minimum atomic E-state index is 0.0562. The molecule has 1 N–H and O–H groups in total. The molecule has 0 spiro atoms. The Hall–Kier alpha value is -1.33. The van der Waals surface area contributed by atoms with Crippen molar-refractivity contribution in [3.63, 3.8) is 0 Å². The molecule has 5 heteroatoms. The van der Waals surface area contributed by atoms with Gasteiger partial charge in [-0.25, -0.2) is 0 Å². The molecule has 0 radical (unpaired) electrons. The Bertz CT molecular complexity index is 584. The van der Waals surface area contributed by atoms with Crippen molar-refractivity contribution >= 4 is 5.69 Å². The quantitative estimate of drug-likeness (QED) is 0.840. The fraction of sp³-hybridized carbons (Fsp3) is 0.688. The second-order valence-electron chi connectivity index (χ2n) is 6.62. The molecule has 1 saturated carbocycles. The van der Waals surface area contributed by atoms with Crippen LogP contribution < -0.4 is 15.8 Å². The molecule has 1 aliphatic carbocycles. The zero-order valence-corrected chi connectivity index (χ0v) is 12.7. The highest BCUT2D eigenvalue weighted by molar-refractivity contribution is 5.46. The molecule has 2 saturated heterocycles. The topological polar surface area (TPSA) is 40.5 Å². The Balaban J connectivity index is 1.63.